The molecule has 1 N–H and O–H groups in total. The number of halogens is 2. The van der Waals surface area contributed by atoms with E-state index in [1.807, 2.05) is 13.0 Å². The van der Waals surface area contributed by atoms with Crippen molar-refractivity contribution < 1.29 is 4.39 Å². The van der Waals surface area contributed by atoms with Gasteiger partial charge in [-0.1, -0.05) is 42.8 Å². The number of nitrogens with zero attached hydrogens (tertiary/aromatic N) is 3. The van der Waals surface area contributed by atoms with Gasteiger partial charge in [0.25, 0.3) is 11.1 Å². The zero-order valence-electron chi connectivity index (χ0n) is 18.3. The molecule has 0 amide bonds. The van der Waals surface area contributed by atoms with Crippen molar-refractivity contribution in [3.05, 3.63) is 116 Å². The summed E-state index contributed by atoms with van der Waals surface area (Å²) in [4.78, 5) is 31.0. The van der Waals surface area contributed by atoms with Crippen molar-refractivity contribution in [2.45, 2.75) is 19.9 Å². The van der Waals surface area contributed by atoms with Crippen molar-refractivity contribution in [1.82, 2.24) is 19.3 Å². The van der Waals surface area contributed by atoms with Gasteiger partial charge in [-0.2, -0.15) is 0 Å². The second-order valence-electron chi connectivity index (χ2n) is 7.94. The smallest absolute Gasteiger partial charge is 0.281 e. The van der Waals surface area contributed by atoms with Gasteiger partial charge in [0, 0.05) is 24.0 Å². The van der Waals surface area contributed by atoms with Crippen molar-refractivity contribution in [3.63, 3.8) is 0 Å². The largest absolute Gasteiger partial charge is 0.303 e. The molecule has 0 radical (unpaired) electrons. The molecular weight excluding hydrogens is 455 g/mol. The molecule has 8 heteroatoms. The fourth-order valence-electron chi connectivity index (χ4n) is 4.12. The molecule has 0 spiro atoms. The van der Waals surface area contributed by atoms with E-state index in [0.717, 1.165) is 11.1 Å². The number of rotatable bonds is 5. The number of aromatic amines is 1. The number of nitrogens with one attached hydrogen (secondary N) is 1. The van der Waals surface area contributed by atoms with Gasteiger partial charge in [0.2, 0.25) is 0 Å². The van der Waals surface area contributed by atoms with E-state index in [4.69, 9.17) is 11.6 Å². The molecule has 0 unspecified atom stereocenters. The highest BCUT2D eigenvalue weighted by Crippen LogP contribution is 2.29. The number of H-pyrrole nitrogens is 1. The van der Waals surface area contributed by atoms with E-state index in [1.165, 1.54) is 21.4 Å². The zero-order valence-corrected chi connectivity index (χ0v) is 19.0. The zero-order chi connectivity index (χ0) is 23.8. The van der Waals surface area contributed by atoms with Crippen LogP contribution in [-0.2, 0) is 13.0 Å². The van der Waals surface area contributed by atoms with E-state index >= 15 is 4.39 Å². The summed E-state index contributed by atoms with van der Waals surface area (Å²) in [6.45, 7) is 2.06. The van der Waals surface area contributed by atoms with Crippen molar-refractivity contribution in [2.75, 3.05) is 0 Å². The molecule has 0 bridgehead atoms. The van der Waals surface area contributed by atoms with Crippen LogP contribution in [0.2, 0.25) is 5.02 Å². The molecule has 34 heavy (non-hydrogen) atoms. The molecule has 5 rings (SSSR count). The van der Waals surface area contributed by atoms with Crippen LogP contribution in [0.1, 0.15) is 18.1 Å². The molecule has 3 aromatic heterocycles. The summed E-state index contributed by atoms with van der Waals surface area (Å²) in [6.07, 6.45) is 3.93. The van der Waals surface area contributed by atoms with Gasteiger partial charge in [0.15, 0.2) is 0 Å². The Morgan fingerprint density at radius 2 is 1.85 bits per heavy atom. The molecule has 0 saturated heterocycles. The number of para-hydroxylation sites is 1. The Hall–Kier alpha value is -3.97. The van der Waals surface area contributed by atoms with Crippen molar-refractivity contribution in [1.29, 1.82) is 0 Å². The predicted octanol–water partition coefficient (Wildman–Crippen LogP) is 4.95. The van der Waals surface area contributed by atoms with Crippen molar-refractivity contribution >= 4 is 22.5 Å². The number of hydrogen-bond donors (Lipinski definition) is 1. The number of hydrogen-bond acceptors (Lipinski definition) is 3. The third-order valence-corrected chi connectivity index (χ3v) is 6.13. The molecule has 0 saturated carbocycles. The molecule has 5 aromatic rings. The van der Waals surface area contributed by atoms with Crippen LogP contribution in [0.25, 0.3) is 27.8 Å². The van der Waals surface area contributed by atoms with E-state index in [2.05, 4.69) is 10.1 Å². The molecule has 0 aliphatic heterocycles. The van der Waals surface area contributed by atoms with Gasteiger partial charge in [-0.3, -0.25) is 19.7 Å². The van der Waals surface area contributed by atoms with E-state index in [9.17, 15) is 9.59 Å². The third kappa shape index (κ3) is 3.74. The summed E-state index contributed by atoms with van der Waals surface area (Å²) in [6, 6.07) is 16.7. The van der Waals surface area contributed by atoms with Gasteiger partial charge in [-0.25, -0.2) is 9.07 Å². The van der Waals surface area contributed by atoms with Crippen LogP contribution in [0.5, 0.6) is 0 Å². The average molecular weight is 475 g/mol. The highest BCUT2D eigenvalue weighted by atomic mass is 35.5. The lowest BCUT2D eigenvalue weighted by Crippen LogP contribution is -2.24. The summed E-state index contributed by atoms with van der Waals surface area (Å²) in [5.74, 6) is -0.504. The Labute approximate surface area is 198 Å². The maximum atomic E-state index is 15.4. The van der Waals surface area contributed by atoms with Crippen LogP contribution >= 0.6 is 11.6 Å². The fraction of sp³-hybridized carbons (Fsp3) is 0.115. The number of fused-ring (bicyclic) bond motifs is 1. The lowest BCUT2D eigenvalue weighted by atomic mass is 10.0. The number of pyridine rings is 2. The molecule has 170 valence electrons. The van der Waals surface area contributed by atoms with Crippen LogP contribution < -0.4 is 11.1 Å². The first-order valence-corrected chi connectivity index (χ1v) is 11.2. The summed E-state index contributed by atoms with van der Waals surface area (Å²) >= 11 is 6.33. The fourth-order valence-corrected chi connectivity index (χ4v) is 4.34. The first-order valence-electron chi connectivity index (χ1n) is 10.8. The monoisotopic (exact) mass is 474 g/mol. The van der Waals surface area contributed by atoms with Gasteiger partial charge >= 0.3 is 0 Å². The Morgan fingerprint density at radius 3 is 2.56 bits per heavy atom. The molecule has 3 heterocycles. The van der Waals surface area contributed by atoms with Crippen LogP contribution in [0, 0.1) is 5.82 Å². The summed E-state index contributed by atoms with van der Waals surface area (Å²) in [7, 11) is 0. The molecule has 6 nitrogen and oxygen atoms in total. The van der Waals surface area contributed by atoms with E-state index in [0.29, 0.717) is 22.6 Å². The van der Waals surface area contributed by atoms with Gasteiger partial charge < -0.3 is 4.57 Å². The Balaban J connectivity index is 1.86. The van der Waals surface area contributed by atoms with Crippen LogP contribution in [0.4, 0.5) is 4.39 Å². The molecule has 0 atom stereocenters. The molecule has 0 fully saturated rings. The summed E-state index contributed by atoms with van der Waals surface area (Å²) in [5, 5.41) is 3.54. The SMILES string of the molecule is CCc1ccc(-c2c3c(=O)n(-c4ccccc4Cl)[nH]c3cc(=O)n2Cc2cccnc2)c(F)c1. The van der Waals surface area contributed by atoms with Crippen LogP contribution in [0.15, 0.2) is 82.6 Å². The standard InChI is InChI=1S/C26H20ClFN4O2/c1-2-16-9-10-18(20(28)12-16)25-24-21(13-23(33)31(25)15-17-6-5-11-29-14-17)30-32(26(24)34)22-8-4-3-7-19(22)27/h3-14,30H,2,15H2,1H3. The lowest BCUT2D eigenvalue weighted by Gasteiger charge is -2.15. The first-order chi connectivity index (χ1) is 16.5. The summed E-state index contributed by atoms with van der Waals surface area (Å²) < 4.78 is 18.1. The maximum Gasteiger partial charge on any atom is 0.281 e. The molecule has 2 aromatic carbocycles. The van der Waals surface area contributed by atoms with Crippen LogP contribution in [0.3, 0.4) is 0 Å². The average Bonchev–Trinajstić information content (AvgIpc) is 3.16. The van der Waals surface area contributed by atoms with Gasteiger partial charge in [-0.05, 0) is 47.9 Å². The lowest BCUT2D eigenvalue weighted by molar-refractivity contribution is 0.626. The normalized spacial score (nSPS) is 11.3. The number of aromatic nitrogens is 4. The minimum Gasteiger partial charge on any atom is -0.303 e. The molecular formula is C26H20ClFN4O2. The van der Waals surface area contributed by atoms with E-state index < -0.39 is 11.4 Å². The second-order valence-corrected chi connectivity index (χ2v) is 8.35. The quantitative estimate of drug-likeness (QED) is 0.392. The first kappa shape index (κ1) is 21.9. The van der Waals surface area contributed by atoms with Crippen molar-refractivity contribution in [3.8, 4) is 16.9 Å². The van der Waals surface area contributed by atoms with Crippen LogP contribution in [-0.4, -0.2) is 19.3 Å². The minimum absolute atomic E-state index is 0.129. The molecule has 0 aliphatic carbocycles. The minimum atomic E-state index is -0.504. The maximum absolute atomic E-state index is 15.4. The second kappa shape index (κ2) is 8.76. The number of aryl methyl sites for hydroxylation is 1. The van der Waals surface area contributed by atoms with E-state index in [1.54, 1.807) is 54.9 Å². The highest BCUT2D eigenvalue weighted by Gasteiger charge is 2.22. The predicted molar refractivity (Wildman–Crippen MR) is 131 cm³/mol. The Morgan fingerprint density at radius 1 is 1.03 bits per heavy atom. The third-order valence-electron chi connectivity index (χ3n) is 5.81. The van der Waals surface area contributed by atoms with E-state index in [-0.39, 0.29) is 28.7 Å². The topological polar surface area (TPSA) is 72.7 Å². The molecule has 0 aliphatic rings. The van der Waals surface area contributed by atoms with Gasteiger partial charge in [0.1, 0.15) is 5.82 Å². The van der Waals surface area contributed by atoms with Gasteiger partial charge in [-0.15, -0.1) is 0 Å². The summed E-state index contributed by atoms with van der Waals surface area (Å²) in [5.41, 5.74) is 1.87. The highest BCUT2D eigenvalue weighted by molar-refractivity contribution is 6.32. The Kier molecular flexibility index (Phi) is 5.63. The number of benzene rings is 2. The van der Waals surface area contributed by atoms with Crippen molar-refractivity contribution in [2.24, 2.45) is 0 Å². The van der Waals surface area contributed by atoms with Gasteiger partial charge in [0.05, 0.1) is 33.9 Å². The Bertz CT molecular complexity index is 1640.